The molecule has 0 aliphatic rings. The lowest BCUT2D eigenvalue weighted by Gasteiger charge is -2.20. The molecule has 6 nitrogen and oxygen atoms in total. The van der Waals surface area contributed by atoms with Gasteiger partial charge in [-0.2, -0.15) is 0 Å². The molecule has 0 saturated heterocycles. The Kier molecular flexibility index (Phi) is 4.30. The van der Waals surface area contributed by atoms with Gasteiger partial charge in [-0.25, -0.2) is 0 Å². The molecule has 0 fully saturated rings. The third kappa shape index (κ3) is 4.18. The van der Waals surface area contributed by atoms with Gasteiger partial charge in [-0.15, -0.1) is 0 Å². The summed E-state index contributed by atoms with van der Waals surface area (Å²) in [5.41, 5.74) is 1.29. The maximum absolute atomic E-state index is 12.1. The van der Waals surface area contributed by atoms with E-state index in [1.165, 1.54) is 0 Å². The number of nitrogens with zero attached hydrogens (tertiary/aromatic N) is 1. The SMILES string of the molecule is Cc1cc(C(=O)Nc2cccc(C(=O)NC(C)(C)C)c2)on1. The molecule has 0 aliphatic heterocycles. The number of nitrogens with one attached hydrogen (secondary N) is 2. The minimum Gasteiger partial charge on any atom is -0.351 e. The Balaban J connectivity index is 2.11. The average Bonchev–Trinajstić information content (AvgIpc) is 2.84. The molecule has 0 radical (unpaired) electrons. The minimum atomic E-state index is -0.408. The topological polar surface area (TPSA) is 84.2 Å². The predicted octanol–water partition coefficient (Wildman–Crippen LogP) is 2.76. The van der Waals surface area contributed by atoms with Crippen molar-refractivity contribution in [2.24, 2.45) is 0 Å². The van der Waals surface area contributed by atoms with Crippen molar-refractivity contribution in [2.75, 3.05) is 5.32 Å². The number of aryl methyl sites for hydroxylation is 1. The molecule has 0 spiro atoms. The zero-order valence-electron chi connectivity index (χ0n) is 13.1. The van der Waals surface area contributed by atoms with Gasteiger partial charge in [-0.3, -0.25) is 9.59 Å². The molecular formula is C16H19N3O3. The first-order valence-corrected chi connectivity index (χ1v) is 6.92. The van der Waals surface area contributed by atoms with Gasteiger partial charge >= 0.3 is 0 Å². The molecule has 2 amide bonds. The van der Waals surface area contributed by atoms with Crippen molar-refractivity contribution in [2.45, 2.75) is 33.2 Å². The van der Waals surface area contributed by atoms with Crippen LogP contribution in [0.1, 0.15) is 47.4 Å². The van der Waals surface area contributed by atoms with E-state index in [2.05, 4.69) is 15.8 Å². The quantitative estimate of drug-likeness (QED) is 0.913. The van der Waals surface area contributed by atoms with Crippen molar-refractivity contribution >= 4 is 17.5 Å². The number of carbonyl (C=O) groups is 2. The molecular weight excluding hydrogens is 282 g/mol. The Hall–Kier alpha value is -2.63. The van der Waals surface area contributed by atoms with E-state index >= 15 is 0 Å². The molecule has 0 unspecified atom stereocenters. The van der Waals surface area contributed by atoms with E-state index in [4.69, 9.17) is 4.52 Å². The number of hydrogen-bond acceptors (Lipinski definition) is 4. The fourth-order valence-electron chi connectivity index (χ4n) is 1.81. The highest BCUT2D eigenvalue weighted by Crippen LogP contribution is 2.14. The minimum absolute atomic E-state index is 0.127. The van der Waals surface area contributed by atoms with Crippen molar-refractivity contribution in [1.29, 1.82) is 0 Å². The number of aromatic nitrogens is 1. The second-order valence-electron chi connectivity index (χ2n) is 6.07. The summed E-state index contributed by atoms with van der Waals surface area (Å²) < 4.78 is 4.90. The van der Waals surface area contributed by atoms with Crippen LogP contribution in [0.3, 0.4) is 0 Å². The van der Waals surface area contributed by atoms with E-state index in [0.29, 0.717) is 16.9 Å². The van der Waals surface area contributed by atoms with Gasteiger partial charge in [0.05, 0.1) is 5.69 Å². The summed E-state index contributed by atoms with van der Waals surface area (Å²) in [6.45, 7) is 7.45. The molecule has 2 rings (SSSR count). The van der Waals surface area contributed by atoms with E-state index in [9.17, 15) is 9.59 Å². The van der Waals surface area contributed by atoms with Crippen LogP contribution in [-0.2, 0) is 0 Å². The Labute approximate surface area is 128 Å². The molecule has 0 aliphatic carbocycles. The van der Waals surface area contributed by atoms with Gasteiger partial charge in [-0.05, 0) is 45.9 Å². The molecule has 1 aromatic heterocycles. The molecule has 0 saturated carbocycles. The van der Waals surface area contributed by atoms with Crippen molar-refractivity contribution in [3.63, 3.8) is 0 Å². The van der Waals surface area contributed by atoms with Crippen LogP contribution in [0.2, 0.25) is 0 Å². The molecule has 116 valence electrons. The Bertz CT molecular complexity index is 699. The van der Waals surface area contributed by atoms with Crippen LogP contribution in [0.25, 0.3) is 0 Å². The number of benzene rings is 1. The lowest BCUT2D eigenvalue weighted by atomic mass is 10.1. The average molecular weight is 301 g/mol. The van der Waals surface area contributed by atoms with Crippen LogP contribution in [0, 0.1) is 6.92 Å². The molecule has 2 aromatic rings. The lowest BCUT2D eigenvalue weighted by Crippen LogP contribution is -2.40. The smallest absolute Gasteiger partial charge is 0.294 e. The lowest BCUT2D eigenvalue weighted by molar-refractivity contribution is 0.0918. The Morgan fingerprint density at radius 2 is 1.86 bits per heavy atom. The highest BCUT2D eigenvalue weighted by Gasteiger charge is 2.16. The van der Waals surface area contributed by atoms with Gasteiger partial charge in [0.15, 0.2) is 0 Å². The molecule has 0 bridgehead atoms. The first-order valence-electron chi connectivity index (χ1n) is 6.92. The molecule has 0 atom stereocenters. The van der Waals surface area contributed by atoms with Crippen LogP contribution >= 0.6 is 0 Å². The van der Waals surface area contributed by atoms with Crippen LogP contribution in [-0.4, -0.2) is 22.5 Å². The summed E-state index contributed by atoms with van der Waals surface area (Å²) >= 11 is 0. The third-order valence-electron chi connectivity index (χ3n) is 2.72. The van der Waals surface area contributed by atoms with Gasteiger partial charge in [0.25, 0.3) is 11.8 Å². The van der Waals surface area contributed by atoms with E-state index < -0.39 is 5.91 Å². The third-order valence-corrected chi connectivity index (χ3v) is 2.72. The summed E-state index contributed by atoms with van der Waals surface area (Å²) in [5.74, 6) is -0.477. The van der Waals surface area contributed by atoms with Gasteiger partial charge in [0, 0.05) is 22.9 Å². The standard InChI is InChI=1S/C16H19N3O3/c1-10-8-13(22-19-10)15(21)17-12-7-5-6-11(9-12)14(20)18-16(2,3)4/h5-9H,1-4H3,(H,17,21)(H,18,20). The van der Waals surface area contributed by atoms with Gasteiger partial charge < -0.3 is 15.2 Å². The summed E-state index contributed by atoms with van der Waals surface area (Å²) in [6.07, 6.45) is 0. The predicted molar refractivity (Wildman–Crippen MR) is 82.9 cm³/mol. The van der Waals surface area contributed by atoms with Crippen molar-refractivity contribution < 1.29 is 14.1 Å². The van der Waals surface area contributed by atoms with Crippen molar-refractivity contribution in [3.05, 3.63) is 47.3 Å². The molecule has 1 aromatic carbocycles. The maximum Gasteiger partial charge on any atom is 0.294 e. The fraction of sp³-hybridized carbons (Fsp3) is 0.312. The summed E-state index contributed by atoms with van der Waals surface area (Å²) in [7, 11) is 0. The highest BCUT2D eigenvalue weighted by atomic mass is 16.5. The largest absolute Gasteiger partial charge is 0.351 e. The fourth-order valence-corrected chi connectivity index (χ4v) is 1.81. The Morgan fingerprint density at radius 1 is 1.14 bits per heavy atom. The highest BCUT2D eigenvalue weighted by molar-refractivity contribution is 6.03. The second-order valence-corrected chi connectivity index (χ2v) is 6.07. The molecule has 2 N–H and O–H groups in total. The van der Waals surface area contributed by atoms with Crippen LogP contribution < -0.4 is 10.6 Å². The summed E-state index contributed by atoms with van der Waals surface area (Å²) in [4.78, 5) is 24.1. The van der Waals surface area contributed by atoms with Crippen molar-refractivity contribution in [3.8, 4) is 0 Å². The number of amides is 2. The zero-order chi connectivity index (χ0) is 16.3. The molecule has 1 heterocycles. The van der Waals surface area contributed by atoms with Gasteiger partial charge in [0.1, 0.15) is 0 Å². The van der Waals surface area contributed by atoms with Gasteiger partial charge in [-0.1, -0.05) is 11.2 Å². The Morgan fingerprint density at radius 3 is 2.45 bits per heavy atom. The van der Waals surface area contributed by atoms with Crippen molar-refractivity contribution in [1.82, 2.24) is 10.5 Å². The number of hydrogen-bond donors (Lipinski definition) is 2. The number of anilines is 1. The second kappa shape index (κ2) is 6.01. The molecule has 22 heavy (non-hydrogen) atoms. The zero-order valence-corrected chi connectivity index (χ0v) is 13.1. The van der Waals surface area contributed by atoms with E-state index in [-0.39, 0.29) is 17.2 Å². The van der Waals surface area contributed by atoms with Crippen LogP contribution in [0.15, 0.2) is 34.9 Å². The number of carbonyl (C=O) groups excluding carboxylic acids is 2. The number of rotatable bonds is 3. The van der Waals surface area contributed by atoms with Crippen LogP contribution in [0.5, 0.6) is 0 Å². The first kappa shape index (κ1) is 15.8. The molecule has 6 heteroatoms. The normalized spacial score (nSPS) is 11.1. The van der Waals surface area contributed by atoms with Crippen LogP contribution in [0.4, 0.5) is 5.69 Å². The monoisotopic (exact) mass is 301 g/mol. The first-order chi connectivity index (χ1) is 10.2. The maximum atomic E-state index is 12.1. The summed E-state index contributed by atoms with van der Waals surface area (Å²) in [5, 5.41) is 9.21. The van der Waals surface area contributed by atoms with E-state index in [1.54, 1.807) is 37.3 Å². The van der Waals surface area contributed by atoms with Gasteiger partial charge in [0.2, 0.25) is 5.76 Å². The van der Waals surface area contributed by atoms with E-state index in [0.717, 1.165) is 0 Å². The van der Waals surface area contributed by atoms with E-state index in [1.807, 2.05) is 20.8 Å². The summed E-state index contributed by atoms with van der Waals surface area (Å²) in [6, 6.07) is 8.26.